The van der Waals surface area contributed by atoms with Crippen molar-refractivity contribution in [3.63, 3.8) is 0 Å². The molecule has 0 amide bonds. The van der Waals surface area contributed by atoms with Crippen molar-refractivity contribution in [2.24, 2.45) is 0 Å². The summed E-state index contributed by atoms with van der Waals surface area (Å²) in [4.78, 5) is 7.60. The summed E-state index contributed by atoms with van der Waals surface area (Å²) in [7, 11) is 0. The van der Waals surface area contributed by atoms with Crippen molar-refractivity contribution >= 4 is 22.7 Å². The summed E-state index contributed by atoms with van der Waals surface area (Å²) in [6.45, 7) is 2.17. The maximum Gasteiger partial charge on any atom is 0.0894 e. The summed E-state index contributed by atoms with van der Waals surface area (Å²) in [5.74, 6) is 0. The van der Waals surface area contributed by atoms with Crippen LogP contribution in [-0.2, 0) is 12.8 Å². The summed E-state index contributed by atoms with van der Waals surface area (Å²) in [5, 5.41) is 4.30. The van der Waals surface area contributed by atoms with E-state index in [1.54, 1.807) is 16.9 Å². The fourth-order valence-corrected chi connectivity index (χ4v) is 4.65. The highest BCUT2D eigenvalue weighted by Crippen LogP contribution is 2.42. The fraction of sp³-hybridized carbons (Fsp3) is 0.235. The quantitative estimate of drug-likeness (QED) is 0.622. The van der Waals surface area contributed by atoms with Gasteiger partial charge in [-0.2, -0.15) is 0 Å². The topological polar surface area (TPSA) is 12.9 Å². The largest absolute Gasteiger partial charge is 0.251 e. The first-order valence-corrected chi connectivity index (χ1v) is 8.70. The zero-order valence-corrected chi connectivity index (χ0v) is 13.0. The first-order chi connectivity index (χ1) is 9.84. The lowest BCUT2D eigenvalue weighted by Crippen LogP contribution is -1.98. The highest BCUT2D eigenvalue weighted by atomic mass is 32.1. The minimum absolute atomic E-state index is 1.18. The highest BCUT2D eigenvalue weighted by Gasteiger charge is 2.24. The van der Waals surface area contributed by atoms with Gasteiger partial charge in [-0.1, -0.05) is 12.1 Å². The third-order valence-electron chi connectivity index (χ3n) is 3.99. The van der Waals surface area contributed by atoms with Crippen LogP contribution >= 0.6 is 22.7 Å². The predicted molar refractivity (Wildman–Crippen MR) is 87.6 cm³/mol. The Morgan fingerprint density at radius 3 is 2.35 bits per heavy atom. The monoisotopic (exact) mass is 297 g/mol. The van der Waals surface area contributed by atoms with E-state index in [2.05, 4.69) is 41.9 Å². The zero-order valence-electron chi connectivity index (χ0n) is 11.3. The molecule has 4 rings (SSSR count). The summed E-state index contributed by atoms with van der Waals surface area (Å²) in [6.07, 6.45) is 3.66. The van der Waals surface area contributed by atoms with E-state index in [0.717, 1.165) is 0 Å². The minimum atomic E-state index is 1.18. The van der Waals surface area contributed by atoms with Crippen LogP contribution in [0.25, 0.3) is 21.0 Å². The summed E-state index contributed by atoms with van der Waals surface area (Å²) in [5.41, 5.74) is 6.83. The van der Waals surface area contributed by atoms with Crippen LogP contribution in [0.4, 0.5) is 0 Å². The molecule has 0 aromatic carbocycles. The summed E-state index contributed by atoms with van der Waals surface area (Å²) >= 11 is 3.61. The number of hydrogen-bond donors (Lipinski definition) is 0. The van der Waals surface area contributed by atoms with E-state index in [1.807, 2.05) is 11.3 Å². The second kappa shape index (κ2) is 4.83. The fourth-order valence-electron chi connectivity index (χ4n) is 3.13. The molecule has 3 aromatic heterocycles. The molecule has 1 aliphatic carbocycles. The molecule has 0 saturated carbocycles. The predicted octanol–water partition coefficient (Wildman–Crippen LogP) is 5.34. The van der Waals surface area contributed by atoms with Gasteiger partial charge in [0.2, 0.25) is 0 Å². The van der Waals surface area contributed by atoms with Gasteiger partial charge in [-0.15, -0.1) is 22.7 Å². The normalized spacial score (nSPS) is 13.7. The maximum absolute atomic E-state index is 4.96. The van der Waals surface area contributed by atoms with Gasteiger partial charge in [-0.05, 0) is 60.2 Å². The van der Waals surface area contributed by atoms with Crippen LogP contribution in [0, 0.1) is 6.92 Å². The molecule has 0 bridgehead atoms. The smallest absolute Gasteiger partial charge is 0.0894 e. The van der Waals surface area contributed by atoms with E-state index in [0.29, 0.717) is 0 Å². The average Bonchev–Trinajstić information content (AvgIpc) is 3.20. The Balaban J connectivity index is 2.06. The van der Waals surface area contributed by atoms with E-state index in [4.69, 9.17) is 4.98 Å². The van der Waals surface area contributed by atoms with Crippen LogP contribution in [0.15, 0.2) is 35.0 Å². The molecule has 1 aliphatic rings. The number of aromatic nitrogens is 1. The number of fused-ring (bicyclic) bond motifs is 1. The lowest BCUT2D eigenvalue weighted by molar-refractivity contribution is 0.907. The van der Waals surface area contributed by atoms with E-state index in [-0.39, 0.29) is 0 Å². The van der Waals surface area contributed by atoms with Gasteiger partial charge in [-0.25, -0.2) is 0 Å². The molecule has 0 aliphatic heterocycles. The number of hydrogen-bond acceptors (Lipinski definition) is 3. The van der Waals surface area contributed by atoms with Crippen molar-refractivity contribution in [1.82, 2.24) is 4.98 Å². The lowest BCUT2D eigenvalue weighted by Gasteiger charge is -2.14. The first kappa shape index (κ1) is 12.3. The van der Waals surface area contributed by atoms with E-state index in [9.17, 15) is 0 Å². The van der Waals surface area contributed by atoms with Crippen LogP contribution in [0.1, 0.15) is 23.2 Å². The van der Waals surface area contributed by atoms with Crippen molar-refractivity contribution in [1.29, 1.82) is 0 Å². The van der Waals surface area contributed by atoms with Gasteiger partial charge >= 0.3 is 0 Å². The molecule has 0 spiro atoms. The average molecular weight is 297 g/mol. The molecular weight excluding hydrogens is 282 g/mol. The molecule has 0 radical (unpaired) electrons. The Hall–Kier alpha value is -1.45. The zero-order chi connectivity index (χ0) is 13.5. The second-order valence-corrected chi connectivity index (χ2v) is 7.08. The van der Waals surface area contributed by atoms with E-state index < -0.39 is 0 Å². The Labute approximate surface area is 126 Å². The van der Waals surface area contributed by atoms with Gasteiger partial charge in [0.15, 0.2) is 0 Å². The van der Waals surface area contributed by atoms with Crippen LogP contribution in [0.3, 0.4) is 0 Å². The summed E-state index contributed by atoms with van der Waals surface area (Å²) in [6, 6.07) is 8.67. The lowest BCUT2D eigenvalue weighted by atomic mass is 9.98. The van der Waals surface area contributed by atoms with Crippen LogP contribution in [0.2, 0.25) is 0 Å². The van der Waals surface area contributed by atoms with Crippen molar-refractivity contribution in [3.05, 3.63) is 51.8 Å². The molecule has 0 unspecified atom stereocenters. The standard InChI is InChI=1S/C17H15NS2/c1-11-12-5-2-6-13(12)16(14-7-3-9-19-14)17(18-11)15-8-4-10-20-15/h3-4,7-10H,2,5-6H2,1H3. The van der Waals surface area contributed by atoms with Gasteiger partial charge in [0.25, 0.3) is 0 Å². The van der Waals surface area contributed by atoms with Gasteiger partial charge in [0.05, 0.1) is 10.6 Å². The van der Waals surface area contributed by atoms with Gasteiger partial charge < -0.3 is 0 Å². The Morgan fingerprint density at radius 2 is 1.65 bits per heavy atom. The molecule has 3 heterocycles. The molecule has 3 heteroatoms. The van der Waals surface area contributed by atoms with Gasteiger partial charge in [0.1, 0.15) is 0 Å². The van der Waals surface area contributed by atoms with Crippen molar-refractivity contribution < 1.29 is 0 Å². The van der Waals surface area contributed by atoms with Crippen molar-refractivity contribution in [2.45, 2.75) is 26.2 Å². The molecule has 0 N–H and O–H groups in total. The van der Waals surface area contributed by atoms with Crippen molar-refractivity contribution in [2.75, 3.05) is 0 Å². The number of thiophene rings is 2. The third kappa shape index (κ3) is 1.85. The molecule has 20 heavy (non-hydrogen) atoms. The van der Waals surface area contributed by atoms with Crippen molar-refractivity contribution in [3.8, 4) is 21.0 Å². The van der Waals surface area contributed by atoms with E-state index >= 15 is 0 Å². The van der Waals surface area contributed by atoms with Crippen LogP contribution in [0.5, 0.6) is 0 Å². The molecule has 100 valence electrons. The second-order valence-electron chi connectivity index (χ2n) is 5.19. The highest BCUT2D eigenvalue weighted by molar-refractivity contribution is 7.14. The van der Waals surface area contributed by atoms with Gasteiger partial charge in [-0.3, -0.25) is 4.98 Å². The molecule has 0 saturated heterocycles. The number of aryl methyl sites for hydroxylation is 1. The first-order valence-electron chi connectivity index (χ1n) is 6.94. The Bertz CT molecular complexity index is 740. The molecular formula is C17H15NS2. The molecule has 3 aromatic rings. The van der Waals surface area contributed by atoms with Crippen LogP contribution < -0.4 is 0 Å². The Kier molecular flexibility index (Phi) is 2.97. The molecule has 0 fully saturated rings. The van der Waals surface area contributed by atoms with Gasteiger partial charge in [0, 0.05) is 16.1 Å². The SMILES string of the molecule is Cc1nc(-c2cccs2)c(-c2cccs2)c2c1CCC2. The molecule has 0 atom stereocenters. The van der Waals surface area contributed by atoms with E-state index in [1.165, 1.54) is 51.5 Å². The third-order valence-corrected chi connectivity index (χ3v) is 5.76. The minimum Gasteiger partial charge on any atom is -0.251 e. The number of pyridine rings is 1. The van der Waals surface area contributed by atoms with Crippen LogP contribution in [-0.4, -0.2) is 4.98 Å². The number of nitrogens with zero attached hydrogens (tertiary/aromatic N) is 1. The molecule has 1 nitrogen and oxygen atoms in total. The maximum atomic E-state index is 4.96. The Morgan fingerprint density at radius 1 is 0.950 bits per heavy atom. The number of rotatable bonds is 2. The summed E-state index contributed by atoms with van der Waals surface area (Å²) < 4.78 is 0.